The van der Waals surface area contributed by atoms with E-state index in [1.54, 1.807) is 6.07 Å². The molecule has 3 aromatic rings. The number of nitrogens with zero attached hydrogens (tertiary/aromatic N) is 2. The summed E-state index contributed by atoms with van der Waals surface area (Å²) >= 11 is 1.43. The fraction of sp³-hybridized carbons (Fsp3) is 0.200. The lowest BCUT2D eigenvalue weighted by molar-refractivity contribution is -0.120. The topological polar surface area (TPSA) is 61.9 Å². The molecule has 2 aromatic carbocycles. The summed E-state index contributed by atoms with van der Waals surface area (Å²) in [6, 6.07) is 18.5. The first kappa shape index (κ1) is 21.6. The molecule has 1 aromatic heterocycles. The maximum absolute atomic E-state index is 13.5. The number of anilines is 3. The van der Waals surface area contributed by atoms with Gasteiger partial charge in [-0.15, -0.1) is 11.3 Å². The van der Waals surface area contributed by atoms with Gasteiger partial charge in [0.15, 0.2) is 0 Å². The predicted molar refractivity (Wildman–Crippen MR) is 130 cm³/mol. The molecule has 0 saturated heterocycles. The van der Waals surface area contributed by atoms with Crippen LogP contribution in [-0.2, 0) is 9.59 Å². The van der Waals surface area contributed by atoms with Crippen LogP contribution in [0.3, 0.4) is 0 Å². The second-order valence-electron chi connectivity index (χ2n) is 7.59. The van der Waals surface area contributed by atoms with Gasteiger partial charge in [-0.3, -0.25) is 9.59 Å². The van der Waals surface area contributed by atoms with Crippen molar-refractivity contribution in [3.05, 3.63) is 76.6 Å². The molecule has 0 bridgehead atoms. The first-order valence-corrected chi connectivity index (χ1v) is 11.3. The third kappa shape index (κ3) is 4.24. The van der Waals surface area contributed by atoms with Crippen molar-refractivity contribution in [1.82, 2.24) is 0 Å². The van der Waals surface area contributed by atoms with Gasteiger partial charge in [0.1, 0.15) is 11.4 Å². The number of ether oxygens (including phenoxy) is 1. The number of amides is 2. The lowest BCUT2D eigenvalue weighted by atomic mass is 10.2. The van der Waals surface area contributed by atoms with Gasteiger partial charge in [-0.05, 0) is 48.2 Å². The number of hydrogen-bond donors (Lipinski definition) is 1. The zero-order valence-corrected chi connectivity index (χ0v) is 19.1. The van der Waals surface area contributed by atoms with Gasteiger partial charge < -0.3 is 15.0 Å². The Morgan fingerprint density at radius 3 is 2.53 bits per heavy atom. The molecule has 0 saturated carbocycles. The molecule has 164 valence electrons. The molecular weight excluding hydrogens is 422 g/mol. The van der Waals surface area contributed by atoms with Crippen LogP contribution in [0.25, 0.3) is 5.57 Å². The van der Waals surface area contributed by atoms with Crippen LogP contribution in [0.15, 0.2) is 71.7 Å². The van der Waals surface area contributed by atoms with Gasteiger partial charge in [-0.25, -0.2) is 4.90 Å². The Morgan fingerprint density at radius 1 is 1.00 bits per heavy atom. The van der Waals surface area contributed by atoms with Crippen LogP contribution in [0.4, 0.5) is 17.1 Å². The lowest BCUT2D eigenvalue weighted by Gasteiger charge is -2.19. The van der Waals surface area contributed by atoms with Crippen molar-refractivity contribution in [3.63, 3.8) is 0 Å². The maximum atomic E-state index is 13.5. The summed E-state index contributed by atoms with van der Waals surface area (Å²) in [6.07, 6.45) is 0.902. The molecule has 2 heterocycles. The molecule has 4 rings (SSSR count). The van der Waals surface area contributed by atoms with Crippen molar-refractivity contribution in [1.29, 1.82) is 0 Å². The Hall–Kier alpha value is -3.58. The summed E-state index contributed by atoms with van der Waals surface area (Å²) in [7, 11) is 3.84. The Bertz CT molecular complexity index is 1170. The van der Waals surface area contributed by atoms with E-state index in [9.17, 15) is 9.59 Å². The van der Waals surface area contributed by atoms with Crippen LogP contribution in [-0.4, -0.2) is 32.5 Å². The van der Waals surface area contributed by atoms with E-state index in [0.29, 0.717) is 29.3 Å². The van der Waals surface area contributed by atoms with Gasteiger partial charge in [0.2, 0.25) is 0 Å². The average molecular weight is 448 g/mol. The van der Waals surface area contributed by atoms with Crippen LogP contribution in [0.5, 0.6) is 5.75 Å². The van der Waals surface area contributed by atoms with Gasteiger partial charge in [0, 0.05) is 36.4 Å². The van der Waals surface area contributed by atoms with Crippen molar-refractivity contribution in [2.75, 3.05) is 35.8 Å². The number of nitrogens with one attached hydrogen (secondary N) is 1. The zero-order valence-electron chi connectivity index (χ0n) is 18.3. The highest BCUT2D eigenvalue weighted by molar-refractivity contribution is 7.11. The average Bonchev–Trinajstić information content (AvgIpc) is 3.39. The summed E-state index contributed by atoms with van der Waals surface area (Å²) in [5.41, 5.74) is 2.77. The third-order valence-corrected chi connectivity index (χ3v) is 5.92. The predicted octanol–water partition coefficient (Wildman–Crippen LogP) is 5.00. The van der Waals surface area contributed by atoms with Gasteiger partial charge in [0.25, 0.3) is 11.8 Å². The molecule has 0 fully saturated rings. The molecule has 0 atom stereocenters. The largest absolute Gasteiger partial charge is 0.494 e. The highest BCUT2D eigenvalue weighted by Gasteiger charge is 2.40. The lowest BCUT2D eigenvalue weighted by Crippen LogP contribution is -2.32. The van der Waals surface area contributed by atoms with Crippen molar-refractivity contribution in [3.8, 4) is 5.75 Å². The van der Waals surface area contributed by atoms with Crippen molar-refractivity contribution in [2.24, 2.45) is 0 Å². The maximum Gasteiger partial charge on any atom is 0.282 e. The van der Waals surface area contributed by atoms with Crippen LogP contribution in [0.1, 0.15) is 18.2 Å². The van der Waals surface area contributed by atoms with Gasteiger partial charge >= 0.3 is 0 Å². The SMILES string of the molecule is CCCOc1cccc(NC2=C(c3cccs3)C(=O)N(c3cccc(N(C)C)c3)C2=O)c1. The minimum atomic E-state index is -0.380. The normalized spacial score (nSPS) is 13.7. The fourth-order valence-electron chi connectivity index (χ4n) is 3.47. The molecule has 7 heteroatoms. The second-order valence-corrected chi connectivity index (χ2v) is 8.54. The number of thiophene rings is 1. The van der Waals surface area contributed by atoms with Crippen molar-refractivity contribution >= 4 is 45.8 Å². The van der Waals surface area contributed by atoms with Gasteiger partial charge in [-0.2, -0.15) is 0 Å². The first-order chi connectivity index (χ1) is 15.5. The Morgan fingerprint density at radius 2 is 1.81 bits per heavy atom. The fourth-order valence-corrected chi connectivity index (χ4v) is 4.24. The van der Waals surface area contributed by atoms with E-state index >= 15 is 0 Å². The third-order valence-electron chi connectivity index (χ3n) is 5.03. The number of carbonyl (C=O) groups is 2. The summed E-state index contributed by atoms with van der Waals surface area (Å²) in [4.78, 5) is 30.9. The Kier molecular flexibility index (Phi) is 6.28. The van der Waals surface area contributed by atoms with E-state index in [1.165, 1.54) is 16.2 Å². The Labute approximate surface area is 191 Å². The molecule has 1 aliphatic heterocycles. The van der Waals surface area contributed by atoms with E-state index in [1.807, 2.05) is 85.9 Å². The highest BCUT2D eigenvalue weighted by Crippen LogP contribution is 2.36. The molecule has 0 radical (unpaired) electrons. The van der Waals surface area contributed by atoms with Crippen LogP contribution in [0.2, 0.25) is 0 Å². The quantitative estimate of drug-likeness (QED) is 0.493. The highest BCUT2D eigenvalue weighted by atomic mass is 32.1. The standard InChI is InChI=1S/C25H25N3O3S/c1-4-13-31-20-11-5-8-17(15-20)26-23-22(21-12-7-14-32-21)24(29)28(25(23)30)19-10-6-9-18(16-19)27(2)3/h5-12,14-16,26H,4,13H2,1-3H3. The Balaban J connectivity index is 1.72. The van der Waals surface area contributed by atoms with E-state index in [4.69, 9.17) is 4.74 Å². The van der Waals surface area contributed by atoms with E-state index < -0.39 is 0 Å². The number of hydrogen-bond acceptors (Lipinski definition) is 6. The molecule has 1 N–H and O–H groups in total. The number of benzene rings is 2. The van der Waals surface area contributed by atoms with Gasteiger partial charge in [0.05, 0.1) is 17.9 Å². The molecule has 2 amide bonds. The van der Waals surface area contributed by atoms with Gasteiger partial charge in [-0.1, -0.05) is 25.1 Å². The zero-order chi connectivity index (χ0) is 22.7. The summed E-state index contributed by atoms with van der Waals surface area (Å²) < 4.78 is 5.71. The molecule has 1 aliphatic rings. The molecule has 0 aliphatic carbocycles. The van der Waals surface area contributed by atoms with Crippen LogP contribution < -0.4 is 19.9 Å². The molecule has 6 nitrogen and oxygen atoms in total. The van der Waals surface area contributed by atoms with E-state index in [0.717, 1.165) is 17.0 Å². The molecule has 32 heavy (non-hydrogen) atoms. The molecular formula is C25H25N3O3S. The van der Waals surface area contributed by atoms with E-state index in [-0.39, 0.29) is 17.5 Å². The number of imide groups is 1. The van der Waals surface area contributed by atoms with Crippen molar-refractivity contribution in [2.45, 2.75) is 13.3 Å². The smallest absolute Gasteiger partial charge is 0.282 e. The number of carbonyl (C=O) groups excluding carboxylic acids is 2. The van der Waals surface area contributed by atoms with Crippen molar-refractivity contribution < 1.29 is 14.3 Å². The minimum absolute atomic E-state index is 0.264. The summed E-state index contributed by atoms with van der Waals surface area (Å²) in [6.45, 7) is 2.66. The summed E-state index contributed by atoms with van der Waals surface area (Å²) in [5, 5.41) is 5.09. The molecule has 0 spiro atoms. The first-order valence-electron chi connectivity index (χ1n) is 10.4. The monoisotopic (exact) mass is 447 g/mol. The number of rotatable bonds is 8. The second kappa shape index (κ2) is 9.28. The minimum Gasteiger partial charge on any atom is -0.494 e. The van der Waals surface area contributed by atoms with Crippen LogP contribution >= 0.6 is 11.3 Å². The molecule has 0 unspecified atom stereocenters. The summed E-state index contributed by atoms with van der Waals surface area (Å²) in [5.74, 6) is -0.00846. The van der Waals surface area contributed by atoms with Crippen LogP contribution in [0, 0.1) is 0 Å². The van der Waals surface area contributed by atoms with E-state index in [2.05, 4.69) is 5.32 Å².